The van der Waals surface area contributed by atoms with E-state index < -0.39 is 5.97 Å². The molecular formula is C31H33ClN6O4. The summed E-state index contributed by atoms with van der Waals surface area (Å²) in [4.78, 5) is 52.1. The number of anilines is 2. The molecule has 1 unspecified atom stereocenters. The number of aromatic carboxylic acids is 1. The van der Waals surface area contributed by atoms with Crippen LogP contribution in [0.4, 0.5) is 16.2 Å². The molecule has 2 N–H and O–H groups in total. The van der Waals surface area contributed by atoms with Crippen molar-refractivity contribution in [1.29, 1.82) is 0 Å². The zero-order valence-corrected chi connectivity index (χ0v) is 24.6. The van der Waals surface area contributed by atoms with Crippen LogP contribution in [0.3, 0.4) is 0 Å². The fourth-order valence-electron chi connectivity index (χ4n) is 5.52. The third kappa shape index (κ3) is 6.29. The normalized spacial score (nSPS) is 16.2. The Bertz CT molecular complexity index is 1550. The van der Waals surface area contributed by atoms with Crippen LogP contribution >= 0.6 is 11.6 Å². The summed E-state index contributed by atoms with van der Waals surface area (Å²) in [5.41, 5.74) is 5.21. The maximum Gasteiger partial charge on any atom is 0.335 e. The minimum atomic E-state index is -1.06. The van der Waals surface area contributed by atoms with Gasteiger partial charge in [0.05, 0.1) is 22.5 Å². The van der Waals surface area contributed by atoms with Gasteiger partial charge in [-0.15, -0.1) is 0 Å². The first-order chi connectivity index (χ1) is 20.1. The summed E-state index contributed by atoms with van der Waals surface area (Å²) in [5, 5.41) is 12.7. The van der Waals surface area contributed by atoms with Crippen LogP contribution in [0.1, 0.15) is 44.1 Å². The van der Waals surface area contributed by atoms with E-state index in [0.29, 0.717) is 52.9 Å². The van der Waals surface area contributed by atoms with E-state index in [-0.39, 0.29) is 23.4 Å². The first-order valence-electron chi connectivity index (χ1n) is 13.8. The molecule has 0 radical (unpaired) electrons. The number of likely N-dealkylation sites (tertiary alicyclic amines) is 1. The monoisotopic (exact) mass is 588 g/mol. The van der Waals surface area contributed by atoms with Crippen LogP contribution < -0.4 is 10.2 Å². The zero-order chi connectivity index (χ0) is 30.0. The van der Waals surface area contributed by atoms with Crippen molar-refractivity contribution in [3.05, 3.63) is 93.7 Å². The minimum Gasteiger partial charge on any atom is -0.478 e. The van der Waals surface area contributed by atoms with Crippen LogP contribution in [0.15, 0.2) is 60.6 Å². The second-order valence-corrected chi connectivity index (χ2v) is 11.2. The van der Waals surface area contributed by atoms with Gasteiger partial charge in [0.25, 0.3) is 5.91 Å². The van der Waals surface area contributed by atoms with Gasteiger partial charge in [0.1, 0.15) is 6.33 Å². The van der Waals surface area contributed by atoms with Gasteiger partial charge in [0, 0.05) is 61.2 Å². The highest BCUT2D eigenvalue weighted by atomic mass is 35.5. The van der Waals surface area contributed by atoms with E-state index in [1.54, 1.807) is 28.0 Å². The van der Waals surface area contributed by atoms with Crippen molar-refractivity contribution >= 4 is 40.9 Å². The Labute approximate surface area is 249 Å². The van der Waals surface area contributed by atoms with Crippen molar-refractivity contribution in [2.45, 2.75) is 27.2 Å². The molecule has 2 aliphatic rings. The largest absolute Gasteiger partial charge is 0.478 e. The molecular weight excluding hydrogens is 556 g/mol. The molecule has 3 amide bonds. The second kappa shape index (κ2) is 12.3. The number of hydrogen-bond acceptors (Lipinski definition) is 6. The van der Waals surface area contributed by atoms with Crippen LogP contribution in [0, 0.1) is 26.7 Å². The predicted molar refractivity (Wildman–Crippen MR) is 161 cm³/mol. The predicted octanol–water partition coefficient (Wildman–Crippen LogP) is 5.15. The molecule has 10 nitrogen and oxygen atoms in total. The average Bonchev–Trinajstić information content (AvgIpc) is 3.52. The third-order valence-electron chi connectivity index (χ3n) is 7.78. The first kappa shape index (κ1) is 29.2. The number of hydrogen-bond donors (Lipinski definition) is 2. The lowest BCUT2D eigenvalue weighted by atomic mass is 10.1. The summed E-state index contributed by atoms with van der Waals surface area (Å²) in [7, 11) is 0. The number of aryl methyl sites for hydroxylation is 3. The van der Waals surface area contributed by atoms with E-state index in [1.807, 2.05) is 39.1 Å². The Morgan fingerprint density at radius 3 is 2.52 bits per heavy atom. The molecule has 3 aromatic rings. The van der Waals surface area contributed by atoms with Crippen molar-refractivity contribution in [2.24, 2.45) is 5.92 Å². The highest BCUT2D eigenvalue weighted by Gasteiger charge is 2.36. The van der Waals surface area contributed by atoms with Crippen LogP contribution in [-0.4, -0.2) is 75.5 Å². The van der Waals surface area contributed by atoms with Gasteiger partial charge >= 0.3 is 12.0 Å². The second-order valence-electron chi connectivity index (χ2n) is 10.8. The number of halogens is 1. The first-order valence-corrected chi connectivity index (χ1v) is 14.2. The van der Waals surface area contributed by atoms with Crippen molar-refractivity contribution < 1.29 is 19.5 Å². The van der Waals surface area contributed by atoms with Crippen LogP contribution in [0.25, 0.3) is 0 Å². The van der Waals surface area contributed by atoms with Crippen LogP contribution in [0.5, 0.6) is 0 Å². The quantitative estimate of drug-likeness (QED) is 0.373. The molecule has 5 rings (SSSR count). The Balaban J connectivity index is 1.22. The molecule has 42 heavy (non-hydrogen) atoms. The number of aromatic nitrogens is 2. The number of urea groups is 1. The number of rotatable bonds is 8. The fraction of sp³-hybridized carbons (Fsp3) is 0.323. The molecule has 218 valence electrons. The Hall–Kier alpha value is -4.28. The molecule has 0 saturated carbocycles. The summed E-state index contributed by atoms with van der Waals surface area (Å²) >= 11 is 6.39. The molecule has 1 aromatic heterocycles. The number of carbonyl (C=O) groups is 3. The summed E-state index contributed by atoms with van der Waals surface area (Å²) in [6.45, 7) is 8.99. The van der Waals surface area contributed by atoms with E-state index in [0.717, 1.165) is 25.2 Å². The molecule has 1 fully saturated rings. The SMILES string of the molecule is Cc1ccc(N(CCCN2CC3=CN(C(=O)c4c(C)ncnc4C)CC3C2)C(=O)Nc2cccc(C(=O)O)c2)cc1Cl. The Kier molecular flexibility index (Phi) is 8.56. The summed E-state index contributed by atoms with van der Waals surface area (Å²) < 4.78 is 0. The highest BCUT2D eigenvalue weighted by molar-refractivity contribution is 6.31. The topological polar surface area (TPSA) is 119 Å². The van der Waals surface area contributed by atoms with Gasteiger partial charge in [-0.2, -0.15) is 0 Å². The van der Waals surface area contributed by atoms with Gasteiger partial charge < -0.3 is 15.3 Å². The molecule has 2 aliphatic heterocycles. The van der Waals surface area contributed by atoms with Gasteiger partial charge in [-0.1, -0.05) is 23.7 Å². The van der Waals surface area contributed by atoms with E-state index in [1.165, 1.54) is 24.0 Å². The number of benzene rings is 2. The Morgan fingerprint density at radius 2 is 1.83 bits per heavy atom. The molecule has 1 saturated heterocycles. The smallest absolute Gasteiger partial charge is 0.335 e. The molecule has 2 aromatic carbocycles. The van der Waals surface area contributed by atoms with Gasteiger partial charge in [-0.05, 0) is 68.7 Å². The maximum atomic E-state index is 13.4. The average molecular weight is 589 g/mol. The van der Waals surface area contributed by atoms with Gasteiger partial charge in [-0.25, -0.2) is 19.6 Å². The van der Waals surface area contributed by atoms with Crippen molar-refractivity contribution in [1.82, 2.24) is 19.8 Å². The lowest BCUT2D eigenvalue weighted by molar-refractivity contribution is 0.0696. The number of amides is 3. The van der Waals surface area contributed by atoms with E-state index in [4.69, 9.17) is 11.6 Å². The number of nitrogens with zero attached hydrogens (tertiary/aromatic N) is 5. The molecule has 0 bridgehead atoms. The van der Waals surface area contributed by atoms with Gasteiger partial charge in [-0.3, -0.25) is 14.6 Å². The van der Waals surface area contributed by atoms with Crippen LogP contribution in [-0.2, 0) is 0 Å². The fourth-order valence-corrected chi connectivity index (χ4v) is 5.70. The third-order valence-corrected chi connectivity index (χ3v) is 8.19. The highest BCUT2D eigenvalue weighted by Crippen LogP contribution is 2.31. The molecule has 0 spiro atoms. The summed E-state index contributed by atoms with van der Waals surface area (Å²) in [6, 6.07) is 11.3. The number of carboxylic acid groups (broad SMARTS) is 1. The number of carbonyl (C=O) groups excluding carboxylic acids is 2. The molecule has 11 heteroatoms. The summed E-state index contributed by atoms with van der Waals surface area (Å²) in [5.74, 6) is -0.854. The van der Waals surface area contributed by atoms with Crippen molar-refractivity contribution in [3.8, 4) is 0 Å². The van der Waals surface area contributed by atoms with Crippen LogP contribution in [0.2, 0.25) is 5.02 Å². The van der Waals surface area contributed by atoms with E-state index in [2.05, 4.69) is 20.2 Å². The lowest BCUT2D eigenvalue weighted by Crippen LogP contribution is -2.37. The molecule has 3 heterocycles. The number of nitrogens with one attached hydrogen (secondary N) is 1. The molecule has 1 atom stereocenters. The van der Waals surface area contributed by atoms with Crippen molar-refractivity contribution in [2.75, 3.05) is 42.9 Å². The Morgan fingerprint density at radius 1 is 1.07 bits per heavy atom. The number of carboxylic acids is 1. The van der Waals surface area contributed by atoms with Gasteiger partial charge in [0.15, 0.2) is 0 Å². The standard InChI is InChI=1S/C31H33ClN6O4/c1-19-8-9-26(13-27(19)32)38(31(42)35-25-7-4-6-22(12-25)30(40)41)11-5-10-36-14-23-16-37(17-24(23)15-36)29(39)28-20(2)33-18-34-21(28)3/h4,6-9,12-13,16,18,24H,5,10-11,14-15,17H2,1-3H3,(H,35,42)(H,40,41). The van der Waals surface area contributed by atoms with E-state index >= 15 is 0 Å². The van der Waals surface area contributed by atoms with E-state index in [9.17, 15) is 19.5 Å². The zero-order valence-electron chi connectivity index (χ0n) is 23.8. The maximum absolute atomic E-state index is 13.4. The molecule has 0 aliphatic carbocycles. The number of fused-ring (bicyclic) bond motifs is 1. The van der Waals surface area contributed by atoms with Gasteiger partial charge in [0.2, 0.25) is 0 Å². The van der Waals surface area contributed by atoms with Crippen molar-refractivity contribution in [3.63, 3.8) is 0 Å². The lowest BCUT2D eigenvalue weighted by Gasteiger charge is -2.25. The minimum absolute atomic E-state index is 0.0636. The summed E-state index contributed by atoms with van der Waals surface area (Å²) in [6.07, 6.45) is 4.15.